The van der Waals surface area contributed by atoms with Crippen molar-refractivity contribution in [1.29, 1.82) is 0 Å². The van der Waals surface area contributed by atoms with Crippen LogP contribution in [-0.2, 0) is 0 Å². The molecule has 6 heteroatoms. The van der Waals surface area contributed by atoms with Crippen LogP contribution in [0.5, 0.6) is 11.5 Å². The monoisotopic (exact) mass is 352 g/mol. The fraction of sp³-hybridized carbons (Fsp3) is 0.300. The van der Waals surface area contributed by atoms with Crippen molar-refractivity contribution in [2.75, 3.05) is 33.3 Å². The van der Waals surface area contributed by atoms with Gasteiger partial charge < -0.3 is 14.4 Å². The molecule has 0 N–H and O–H groups in total. The molecule has 0 radical (unpaired) electrons. The summed E-state index contributed by atoms with van der Waals surface area (Å²) in [6.07, 6.45) is -0.0860. The number of imide groups is 1. The first-order valence-corrected chi connectivity index (χ1v) is 8.66. The molecule has 26 heavy (non-hydrogen) atoms. The highest BCUT2D eigenvalue weighted by molar-refractivity contribution is 6.21. The van der Waals surface area contributed by atoms with Crippen molar-refractivity contribution in [3.05, 3.63) is 59.7 Å². The van der Waals surface area contributed by atoms with E-state index in [1.54, 1.807) is 24.3 Å². The molecule has 134 valence electrons. The van der Waals surface area contributed by atoms with Crippen molar-refractivity contribution in [1.82, 2.24) is 9.80 Å². The van der Waals surface area contributed by atoms with Gasteiger partial charge in [0.05, 0.1) is 11.1 Å². The first kappa shape index (κ1) is 16.6. The molecule has 0 saturated heterocycles. The third-order valence-electron chi connectivity index (χ3n) is 4.67. The lowest BCUT2D eigenvalue weighted by molar-refractivity contribution is 0.0559. The minimum atomic E-state index is -0.217. The minimum absolute atomic E-state index is 0.0860. The lowest BCUT2D eigenvalue weighted by atomic mass is 10.1. The lowest BCUT2D eigenvalue weighted by Crippen LogP contribution is -2.43. The molecular formula is C20H20N2O4. The average Bonchev–Trinajstić information content (AvgIpc) is 2.91. The molecule has 0 fully saturated rings. The van der Waals surface area contributed by atoms with Gasteiger partial charge in [0.25, 0.3) is 11.8 Å². The number of hydrogen-bond donors (Lipinski definition) is 0. The Morgan fingerprint density at radius 2 is 1.62 bits per heavy atom. The lowest BCUT2D eigenvalue weighted by Gasteiger charge is -2.30. The first-order chi connectivity index (χ1) is 12.6. The molecular weight excluding hydrogens is 332 g/mol. The van der Waals surface area contributed by atoms with Crippen LogP contribution in [0.4, 0.5) is 0 Å². The van der Waals surface area contributed by atoms with E-state index in [4.69, 9.17) is 9.47 Å². The zero-order valence-electron chi connectivity index (χ0n) is 14.6. The molecule has 0 saturated carbocycles. The van der Waals surface area contributed by atoms with Gasteiger partial charge in [-0.3, -0.25) is 14.5 Å². The minimum Gasteiger partial charge on any atom is -0.486 e. The molecule has 0 bridgehead atoms. The Hall–Kier alpha value is -2.86. The molecule has 6 nitrogen and oxygen atoms in total. The summed E-state index contributed by atoms with van der Waals surface area (Å²) in [6.45, 7) is 2.06. The van der Waals surface area contributed by atoms with Gasteiger partial charge in [-0.05, 0) is 31.3 Å². The summed E-state index contributed by atoms with van der Waals surface area (Å²) in [5.74, 6) is 1.07. The number of nitrogens with zero attached hydrogens (tertiary/aromatic N) is 2. The Bertz CT molecular complexity index is 816. The van der Waals surface area contributed by atoms with Crippen LogP contribution in [0.15, 0.2) is 48.5 Å². The fourth-order valence-corrected chi connectivity index (χ4v) is 3.30. The van der Waals surface area contributed by atoms with Gasteiger partial charge in [-0.15, -0.1) is 0 Å². The van der Waals surface area contributed by atoms with Gasteiger partial charge in [-0.25, -0.2) is 0 Å². The van der Waals surface area contributed by atoms with Gasteiger partial charge in [0.1, 0.15) is 12.7 Å². The number of benzene rings is 2. The Morgan fingerprint density at radius 3 is 2.31 bits per heavy atom. The second-order valence-electron chi connectivity index (χ2n) is 6.57. The van der Waals surface area contributed by atoms with E-state index in [1.807, 2.05) is 36.2 Å². The van der Waals surface area contributed by atoms with E-state index in [2.05, 4.69) is 0 Å². The van der Waals surface area contributed by atoms with Gasteiger partial charge in [0.2, 0.25) is 0 Å². The maximum absolute atomic E-state index is 12.4. The van der Waals surface area contributed by atoms with Crippen LogP contribution in [0.1, 0.15) is 20.7 Å². The van der Waals surface area contributed by atoms with Crippen molar-refractivity contribution in [2.45, 2.75) is 6.10 Å². The van der Waals surface area contributed by atoms with Crippen LogP contribution in [0.25, 0.3) is 0 Å². The molecule has 2 aromatic rings. The van der Waals surface area contributed by atoms with Crippen molar-refractivity contribution >= 4 is 11.8 Å². The van der Waals surface area contributed by atoms with E-state index in [1.165, 1.54) is 4.90 Å². The summed E-state index contributed by atoms with van der Waals surface area (Å²) < 4.78 is 11.7. The number of likely N-dealkylation sites (N-methyl/N-ethyl adjacent to an activating group) is 1. The van der Waals surface area contributed by atoms with E-state index >= 15 is 0 Å². The Morgan fingerprint density at radius 1 is 1.00 bits per heavy atom. The highest BCUT2D eigenvalue weighted by Crippen LogP contribution is 2.31. The molecule has 1 atom stereocenters. The van der Waals surface area contributed by atoms with Crippen molar-refractivity contribution < 1.29 is 19.1 Å². The number of rotatable bonds is 5. The zero-order valence-corrected chi connectivity index (χ0v) is 14.6. The smallest absolute Gasteiger partial charge is 0.261 e. The van der Waals surface area contributed by atoms with Crippen LogP contribution in [0.3, 0.4) is 0 Å². The van der Waals surface area contributed by atoms with Gasteiger partial charge in [-0.2, -0.15) is 0 Å². The molecule has 2 aliphatic rings. The number of carbonyl (C=O) groups excluding carboxylic acids is 2. The molecule has 0 aliphatic carbocycles. The van der Waals surface area contributed by atoms with E-state index in [9.17, 15) is 9.59 Å². The summed E-state index contributed by atoms with van der Waals surface area (Å²) in [5.41, 5.74) is 0.974. The van der Waals surface area contributed by atoms with Gasteiger partial charge >= 0.3 is 0 Å². The molecule has 2 aliphatic heterocycles. The van der Waals surface area contributed by atoms with Crippen LogP contribution < -0.4 is 9.47 Å². The largest absolute Gasteiger partial charge is 0.486 e. The summed E-state index contributed by atoms with van der Waals surface area (Å²) in [4.78, 5) is 28.1. The van der Waals surface area contributed by atoms with Crippen LogP contribution in [-0.4, -0.2) is 61.0 Å². The number of ether oxygens (including phenoxy) is 2. The topological polar surface area (TPSA) is 59.1 Å². The molecule has 0 unspecified atom stereocenters. The maximum atomic E-state index is 12.4. The zero-order chi connectivity index (χ0) is 18.1. The number of amides is 2. The molecule has 2 heterocycles. The van der Waals surface area contributed by atoms with Crippen molar-refractivity contribution in [3.63, 3.8) is 0 Å². The average molecular weight is 352 g/mol. The highest BCUT2D eigenvalue weighted by Gasteiger charge is 2.35. The molecule has 2 amide bonds. The number of carbonyl (C=O) groups is 2. The SMILES string of the molecule is CN(CCN1C(=O)c2ccccc2C1=O)C[C@H]1COc2ccccc2O1. The molecule has 0 aromatic heterocycles. The molecule has 0 spiro atoms. The first-order valence-electron chi connectivity index (χ1n) is 8.66. The summed E-state index contributed by atoms with van der Waals surface area (Å²) in [5, 5.41) is 0. The normalized spacial score (nSPS) is 18.4. The van der Waals surface area contributed by atoms with Gasteiger partial charge in [0, 0.05) is 19.6 Å². The van der Waals surface area contributed by atoms with Crippen LogP contribution in [0, 0.1) is 0 Å². The van der Waals surface area contributed by atoms with Crippen molar-refractivity contribution in [2.24, 2.45) is 0 Å². The Kier molecular flexibility index (Phi) is 4.34. The second-order valence-corrected chi connectivity index (χ2v) is 6.57. The molecule has 2 aromatic carbocycles. The van der Waals surface area contributed by atoms with E-state index in [0.29, 0.717) is 37.4 Å². The summed E-state index contributed by atoms with van der Waals surface area (Å²) in [7, 11) is 1.95. The fourth-order valence-electron chi connectivity index (χ4n) is 3.30. The van der Waals surface area contributed by atoms with Crippen LogP contribution in [0.2, 0.25) is 0 Å². The summed E-state index contributed by atoms with van der Waals surface area (Å²) in [6, 6.07) is 14.6. The molecule has 4 rings (SSSR count). The number of fused-ring (bicyclic) bond motifs is 2. The number of hydrogen-bond acceptors (Lipinski definition) is 5. The van der Waals surface area contributed by atoms with Gasteiger partial charge in [-0.1, -0.05) is 24.3 Å². The third kappa shape index (κ3) is 3.04. The van der Waals surface area contributed by atoms with E-state index in [-0.39, 0.29) is 17.9 Å². The van der Waals surface area contributed by atoms with Crippen LogP contribution >= 0.6 is 0 Å². The Balaban J connectivity index is 1.32. The predicted octanol–water partition coefficient (Wildman–Crippen LogP) is 2.05. The third-order valence-corrected chi connectivity index (χ3v) is 4.67. The predicted molar refractivity (Wildman–Crippen MR) is 95.7 cm³/mol. The maximum Gasteiger partial charge on any atom is 0.261 e. The van der Waals surface area contributed by atoms with E-state index in [0.717, 1.165) is 11.5 Å². The van der Waals surface area contributed by atoms with Crippen molar-refractivity contribution in [3.8, 4) is 11.5 Å². The summed E-state index contributed by atoms with van der Waals surface area (Å²) >= 11 is 0. The quantitative estimate of drug-likeness (QED) is 0.771. The number of para-hydroxylation sites is 2. The standard InChI is InChI=1S/C20H20N2O4/c1-21(12-14-13-25-17-8-4-5-9-18(17)26-14)10-11-22-19(23)15-6-2-3-7-16(15)20(22)24/h2-9,14H,10-13H2,1H3/t14-/m0/s1. The Labute approximate surface area is 151 Å². The van der Waals surface area contributed by atoms with E-state index < -0.39 is 0 Å². The second kappa shape index (κ2) is 6.80. The van der Waals surface area contributed by atoms with Gasteiger partial charge in [0.15, 0.2) is 11.5 Å². The highest BCUT2D eigenvalue weighted by atomic mass is 16.6.